The fourth-order valence-electron chi connectivity index (χ4n) is 1.65. The first-order valence-corrected chi connectivity index (χ1v) is 6.13. The maximum Gasteiger partial charge on any atom is 0.313 e. The number of phenols is 1. The fourth-order valence-corrected chi connectivity index (χ4v) is 2.21. The van der Waals surface area contributed by atoms with E-state index in [2.05, 4.69) is 15.9 Å². The highest BCUT2D eigenvalue weighted by atomic mass is 79.9. The molecule has 7 heteroatoms. The zero-order valence-corrected chi connectivity index (χ0v) is 13.3. The van der Waals surface area contributed by atoms with Gasteiger partial charge in [0.15, 0.2) is 0 Å². The number of halogens is 2. The molecule has 1 rings (SSSR count). The standard InChI is InChI=1S/C12H17BrN2O3.ClH/c1-12(2,11(17)18-3)10(15)8-6(13)4-5-7(14)9(8)16;/h4-5,10,16H,14-15H2,1-3H3;1H/t10-;/m1./s1. The molecule has 0 aromatic heterocycles. The molecule has 0 saturated heterocycles. The molecular weight excluding hydrogens is 336 g/mol. The molecule has 0 saturated carbocycles. The third kappa shape index (κ3) is 3.32. The summed E-state index contributed by atoms with van der Waals surface area (Å²) in [6.45, 7) is 3.30. The van der Waals surface area contributed by atoms with Crippen LogP contribution in [0.3, 0.4) is 0 Å². The highest BCUT2D eigenvalue weighted by molar-refractivity contribution is 9.10. The molecule has 0 bridgehead atoms. The second-order valence-electron chi connectivity index (χ2n) is 4.59. The van der Waals surface area contributed by atoms with Crippen molar-refractivity contribution in [1.82, 2.24) is 0 Å². The molecule has 0 amide bonds. The maximum absolute atomic E-state index is 11.7. The van der Waals surface area contributed by atoms with Crippen molar-refractivity contribution in [3.63, 3.8) is 0 Å². The van der Waals surface area contributed by atoms with Crippen LogP contribution < -0.4 is 11.5 Å². The van der Waals surface area contributed by atoms with Crippen LogP contribution in [0, 0.1) is 5.41 Å². The predicted molar refractivity (Wildman–Crippen MR) is 80.2 cm³/mol. The summed E-state index contributed by atoms with van der Waals surface area (Å²) in [7, 11) is 1.30. The summed E-state index contributed by atoms with van der Waals surface area (Å²) >= 11 is 3.30. The Hall–Kier alpha value is -0.980. The van der Waals surface area contributed by atoms with Crippen molar-refractivity contribution < 1.29 is 14.6 Å². The normalized spacial score (nSPS) is 12.5. The average molecular weight is 354 g/mol. The van der Waals surface area contributed by atoms with E-state index in [9.17, 15) is 9.90 Å². The van der Waals surface area contributed by atoms with Crippen molar-refractivity contribution in [2.24, 2.45) is 11.1 Å². The van der Waals surface area contributed by atoms with Gasteiger partial charge in [-0.2, -0.15) is 0 Å². The van der Waals surface area contributed by atoms with Gasteiger partial charge >= 0.3 is 5.97 Å². The van der Waals surface area contributed by atoms with Gasteiger partial charge in [-0.3, -0.25) is 4.79 Å². The van der Waals surface area contributed by atoms with E-state index in [1.807, 2.05) is 0 Å². The molecule has 0 aliphatic carbocycles. The maximum atomic E-state index is 11.7. The van der Waals surface area contributed by atoms with Gasteiger partial charge in [-0.25, -0.2) is 0 Å². The van der Waals surface area contributed by atoms with Crippen molar-refractivity contribution in [1.29, 1.82) is 0 Å². The van der Waals surface area contributed by atoms with Crippen LogP contribution in [0.1, 0.15) is 25.5 Å². The number of carbonyl (C=O) groups is 1. The van der Waals surface area contributed by atoms with E-state index < -0.39 is 17.4 Å². The van der Waals surface area contributed by atoms with Crippen LogP contribution in [-0.2, 0) is 9.53 Å². The van der Waals surface area contributed by atoms with Gasteiger partial charge in [0, 0.05) is 10.0 Å². The van der Waals surface area contributed by atoms with Crippen LogP contribution >= 0.6 is 28.3 Å². The topological polar surface area (TPSA) is 98.6 Å². The van der Waals surface area contributed by atoms with E-state index in [0.29, 0.717) is 10.0 Å². The highest BCUT2D eigenvalue weighted by Crippen LogP contribution is 2.42. The summed E-state index contributed by atoms with van der Waals surface area (Å²) < 4.78 is 5.32. The molecule has 0 heterocycles. The highest BCUT2D eigenvalue weighted by Gasteiger charge is 2.39. The van der Waals surface area contributed by atoms with Crippen LogP contribution in [0.4, 0.5) is 5.69 Å². The van der Waals surface area contributed by atoms with Crippen molar-refractivity contribution in [3.8, 4) is 5.75 Å². The zero-order chi connectivity index (χ0) is 14.1. The van der Waals surface area contributed by atoms with Gasteiger partial charge in [0.05, 0.1) is 24.3 Å². The Morgan fingerprint density at radius 3 is 2.47 bits per heavy atom. The molecule has 1 aromatic carbocycles. The molecule has 5 nitrogen and oxygen atoms in total. The van der Waals surface area contributed by atoms with Gasteiger partial charge in [0.25, 0.3) is 0 Å². The molecule has 0 unspecified atom stereocenters. The first kappa shape index (κ1) is 18.0. The minimum atomic E-state index is -0.984. The van der Waals surface area contributed by atoms with Gasteiger partial charge in [-0.15, -0.1) is 12.4 Å². The molecular formula is C12H18BrClN2O3. The minimum Gasteiger partial charge on any atom is -0.505 e. The Morgan fingerprint density at radius 2 is 2.00 bits per heavy atom. The van der Waals surface area contributed by atoms with E-state index >= 15 is 0 Å². The van der Waals surface area contributed by atoms with Crippen LogP contribution in [0.5, 0.6) is 5.75 Å². The number of carbonyl (C=O) groups excluding carboxylic acids is 1. The summed E-state index contributed by atoms with van der Waals surface area (Å²) in [6.07, 6.45) is 0. The fraction of sp³-hybridized carbons (Fsp3) is 0.417. The lowest BCUT2D eigenvalue weighted by molar-refractivity contribution is -0.152. The molecule has 0 fully saturated rings. The van der Waals surface area contributed by atoms with Crippen molar-refractivity contribution in [3.05, 3.63) is 22.2 Å². The van der Waals surface area contributed by atoms with Gasteiger partial charge in [0.2, 0.25) is 0 Å². The first-order valence-electron chi connectivity index (χ1n) is 5.34. The number of nitrogens with two attached hydrogens (primary N) is 2. The van der Waals surface area contributed by atoms with E-state index in [4.69, 9.17) is 16.2 Å². The van der Waals surface area contributed by atoms with E-state index in [1.54, 1.807) is 26.0 Å². The van der Waals surface area contributed by atoms with Crippen molar-refractivity contribution >= 4 is 40.0 Å². The lowest BCUT2D eigenvalue weighted by Gasteiger charge is -2.30. The van der Waals surface area contributed by atoms with Crippen LogP contribution in [0.25, 0.3) is 0 Å². The summed E-state index contributed by atoms with van der Waals surface area (Å²) in [5, 5.41) is 9.98. The number of rotatable bonds is 3. The molecule has 5 N–H and O–H groups in total. The molecule has 1 aromatic rings. The second kappa shape index (κ2) is 6.45. The summed E-state index contributed by atoms with van der Waals surface area (Å²) in [6, 6.07) is 2.49. The zero-order valence-electron chi connectivity index (χ0n) is 10.9. The van der Waals surface area contributed by atoms with Gasteiger partial charge in [0.1, 0.15) is 5.75 Å². The Morgan fingerprint density at radius 1 is 1.47 bits per heavy atom. The summed E-state index contributed by atoms with van der Waals surface area (Å²) in [5.41, 5.74) is 11.3. The van der Waals surface area contributed by atoms with Crippen LogP contribution in [0.15, 0.2) is 16.6 Å². The van der Waals surface area contributed by atoms with E-state index in [-0.39, 0.29) is 23.8 Å². The predicted octanol–water partition coefficient (Wildman–Crippen LogP) is 2.36. The molecule has 0 aliphatic heterocycles. The minimum absolute atomic E-state index is 0. The molecule has 0 spiro atoms. The van der Waals surface area contributed by atoms with Gasteiger partial charge in [-0.1, -0.05) is 15.9 Å². The number of benzene rings is 1. The lowest BCUT2D eigenvalue weighted by atomic mass is 9.80. The Kier molecular flexibility index (Phi) is 6.12. The number of anilines is 1. The largest absolute Gasteiger partial charge is 0.505 e. The SMILES string of the molecule is COC(=O)C(C)(C)[C@H](N)c1c(Br)ccc(N)c1O.Cl. The quantitative estimate of drug-likeness (QED) is 0.440. The Balaban J connectivity index is 0.00000324. The Labute approximate surface area is 126 Å². The number of phenolic OH excluding ortho intramolecular Hbond substituents is 1. The summed E-state index contributed by atoms with van der Waals surface area (Å²) in [5.74, 6) is -0.572. The summed E-state index contributed by atoms with van der Waals surface area (Å²) in [4.78, 5) is 11.7. The number of methoxy groups -OCH3 is 1. The number of esters is 1. The smallest absolute Gasteiger partial charge is 0.313 e. The number of hydrogen-bond acceptors (Lipinski definition) is 5. The molecule has 0 aliphatic rings. The Bertz CT molecular complexity index is 480. The molecule has 19 heavy (non-hydrogen) atoms. The number of ether oxygens (including phenoxy) is 1. The lowest BCUT2D eigenvalue weighted by Crippen LogP contribution is -2.37. The molecule has 1 atom stereocenters. The van der Waals surface area contributed by atoms with Gasteiger partial charge < -0.3 is 21.3 Å². The monoisotopic (exact) mass is 352 g/mol. The van der Waals surface area contributed by atoms with Crippen molar-refractivity contribution in [2.75, 3.05) is 12.8 Å². The third-order valence-electron chi connectivity index (χ3n) is 3.00. The average Bonchev–Trinajstić information content (AvgIpc) is 2.33. The first-order chi connectivity index (χ1) is 8.23. The third-order valence-corrected chi connectivity index (χ3v) is 3.69. The van der Waals surface area contributed by atoms with Gasteiger partial charge in [-0.05, 0) is 26.0 Å². The molecule has 108 valence electrons. The van der Waals surface area contributed by atoms with E-state index in [0.717, 1.165) is 0 Å². The van der Waals surface area contributed by atoms with Crippen LogP contribution in [0.2, 0.25) is 0 Å². The number of nitrogen functional groups attached to an aromatic ring is 1. The van der Waals surface area contributed by atoms with E-state index in [1.165, 1.54) is 7.11 Å². The molecule has 0 radical (unpaired) electrons. The van der Waals surface area contributed by atoms with Crippen molar-refractivity contribution in [2.45, 2.75) is 19.9 Å². The number of aromatic hydroxyl groups is 1. The van der Waals surface area contributed by atoms with Crippen LogP contribution in [-0.4, -0.2) is 18.2 Å². The number of hydrogen-bond donors (Lipinski definition) is 3. The second-order valence-corrected chi connectivity index (χ2v) is 5.44.